The maximum atomic E-state index is 14.4. The van der Waals surface area contributed by atoms with Crippen LogP contribution in [0.2, 0.25) is 0 Å². The van der Waals surface area contributed by atoms with Gasteiger partial charge in [-0.1, -0.05) is 39.8 Å². The van der Waals surface area contributed by atoms with Crippen LogP contribution in [0.15, 0.2) is 46.1 Å². The van der Waals surface area contributed by atoms with E-state index in [1.165, 1.54) is 17.1 Å². The molecule has 1 aliphatic heterocycles. The van der Waals surface area contributed by atoms with Crippen LogP contribution >= 0.6 is 15.9 Å². The SMILES string of the molecule is CCN1[C@@H](C(C)(C)C)C(O)=C(C(=O)Nc2cc(F)c(Br)c(F)c2)C(=O)N1Cc1cccc(F)c1F. The van der Waals surface area contributed by atoms with Crippen molar-refractivity contribution in [1.29, 1.82) is 0 Å². The second kappa shape index (κ2) is 9.98. The molecule has 1 aliphatic rings. The summed E-state index contributed by atoms with van der Waals surface area (Å²) in [7, 11) is 0. The van der Waals surface area contributed by atoms with Gasteiger partial charge in [-0.05, 0) is 39.5 Å². The van der Waals surface area contributed by atoms with Crippen molar-refractivity contribution in [1.82, 2.24) is 10.0 Å². The number of likely N-dealkylation sites (N-methyl/N-ethyl adjacent to an activating group) is 1. The molecule has 2 aromatic carbocycles. The molecule has 0 spiro atoms. The Morgan fingerprint density at radius 1 is 1.11 bits per heavy atom. The third-order valence-corrected chi connectivity index (χ3v) is 6.29. The van der Waals surface area contributed by atoms with Crippen LogP contribution in [-0.4, -0.2) is 39.5 Å². The number of aliphatic hydroxyl groups is 1. The zero-order chi connectivity index (χ0) is 26.2. The van der Waals surface area contributed by atoms with E-state index in [4.69, 9.17) is 0 Å². The van der Waals surface area contributed by atoms with E-state index < -0.39 is 68.9 Å². The normalized spacial score (nSPS) is 17.2. The van der Waals surface area contributed by atoms with Crippen LogP contribution in [0.1, 0.15) is 33.3 Å². The van der Waals surface area contributed by atoms with Gasteiger partial charge in [-0.2, -0.15) is 0 Å². The summed E-state index contributed by atoms with van der Waals surface area (Å²) in [6.45, 7) is 6.76. The molecule has 0 aliphatic carbocycles. The van der Waals surface area contributed by atoms with Gasteiger partial charge in [0.05, 0.1) is 17.1 Å². The van der Waals surface area contributed by atoms with Gasteiger partial charge in [-0.15, -0.1) is 0 Å². The van der Waals surface area contributed by atoms with Gasteiger partial charge in [0.25, 0.3) is 11.8 Å². The second-order valence-electron chi connectivity index (χ2n) is 9.07. The fraction of sp³-hybridized carbons (Fsp3) is 0.333. The highest BCUT2D eigenvalue weighted by Gasteiger charge is 2.47. The minimum absolute atomic E-state index is 0.136. The van der Waals surface area contributed by atoms with Crippen LogP contribution in [0.25, 0.3) is 0 Å². The molecule has 0 radical (unpaired) electrons. The quantitative estimate of drug-likeness (QED) is 0.291. The Morgan fingerprint density at radius 2 is 1.71 bits per heavy atom. The molecule has 11 heteroatoms. The molecule has 0 bridgehead atoms. The van der Waals surface area contributed by atoms with Gasteiger partial charge < -0.3 is 10.4 Å². The number of anilines is 1. The molecule has 0 fully saturated rings. The second-order valence-corrected chi connectivity index (χ2v) is 9.86. The summed E-state index contributed by atoms with van der Waals surface area (Å²) in [5, 5.41) is 15.8. The van der Waals surface area contributed by atoms with E-state index in [-0.39, 0.29) is 17.8 Å². The van der Waals surface area contributed by atoms with Gasteiger partial charge in [0, 0.05) is 17.8 Å². The Bertz CT molecular complexity index is 1190. The molecule has 2 aromatic rings. The predicted octanol–water partition coefficient (Wildman–Crippen LogP) is 5.45. The number of amides is 2. The average molecular weight is 558 g/mol. The van der Waals surface area contributed by atoms with E-state index in [2.05, 4.69) is 21.2 Å². The minimum atomic E-state index is -1.14. The number of carbonyl (C=O) groups excluding carboxylic acids is 2. The number of hydrogen-bond acceptors (Lipinski definition) is 4. The molecular formula is C24H24BrF4N3O3. The minimum Gasteiger partial charge on any atom is -0.509 e. The number of carbonyl (C=O) groups is 2. The summed E-state index contributed by atoms with van der Waals surface area (Å²) in [6.07, 6.45) is 0. The Morgan fingerprint density at radius 3 is 2.26 bits per heavy atom. The molecule has 1 atom stereocenters. The van der Waals surface area contributed by atoms with Crippen LogP contribution in [0.4, 0.5) is 23.2 Å². The van der Waals surface area contributed by atoms with Gasteiger partial charge in [-0.3, -0.25) is 14.6 Å². The van der Waals surface area contributed by atoms with Gasteiger partial charge in [-0.25, -0.2) is 22.6 Å². The first kappa shape index (κ1) is 26.7. The largest absolute Gasteiger partial charge is 0.509 e. The van der Waals surface area contributed by atoms with E-state index in [0.717, 1.165) is 23.2 Å². The fourth-order valence-electron chi connectivity index (χ4n) is 4.01. The van der Waals surface area contributed by atoms with E-state index >= 15 is 0 Å². The van der Waals surface area contributed by atoms with Crippen LogP contribution in [0.3, 0.4) is 0 Å². The molecule has 0 saturated carbocycles. The summed E-state index contributed by atoms with van der Waals surface area (Å²) in [6, 6.07) is 4.31. The molecule has 1 heterocycles. The number of aliphatic hydroxyl groups excluding tert-OH is 1. The predicted molar refractivity (Wildman–Crippen MR) is 125 cm³/mol. The van der Waals surface area contributed by atoms with Crippen molar-refractivity contribution in [3.8, 4) is 0 Å². The number of hydrogen-bond donors (Lipinski definition) is 2. The number of nitrogens with zero attached hydrogens (tertiary/aromatic N) is 2. The van der Waals surface area contributed by atoms with Gasteiger partial charge in [0.15, 0.2) is 11.6 Å². The zero-order valence-corrected chi connectivity index (χ0v) is 21.0. The topological polar surface area (TPSA) is 72.9 Å². The molecule has 188 valence electrons. The van der Waals surface area contributed by atoms with Crippen LogP contribution in [-0.2, 0) is 16.1 Å². The van der Waals surface area contributed by atoms with Gasteiger partial charge >= 0.3 is 0 Å². The highest BCUT2D eigenvalue weighted by atomic mass is 79.9. The van der Waals surface area contributed by atoms with Crippen molar-refractivity contribution in [2.45, 2.75) is 40.3 Å². The first-order valence-corrected chi connectivity index (χ1v) is 11.5. The molecule has 0 saturated heterocycles. The van der Waals surface area contributed by atoms with Crippen molar-refractivity contribution in [2.75, 3.05) is 11.9 Å². The lowest BCUT2D eigenvalue weighted by Gasteiger charge is -2.48. The van der Waals surface area contributed by atoms with Crippen LogP contribution in [0.5, 0.6) is 0 Å². The lowest BCUT2D eigenvalue weighted by atomic mass is 9.82. The Balaban J connectivity index is 2.08. The molecule has 0 aromatic heterocycles. The lowest BCUT2D eigenvalue weighted by molar-refractivity contribution is -0.162. The van der Waals surface area contributed by atoms with Crippen molar-refractivity contribution in [3.05, 3.63) is 75.0 Å². The highest BCUT2D eigenvalue weighted by molar-refractivity contribution is 9.10. The van der Waals surface area contributed by atoms with Crippen molar-refractivity contribution >= 4 is 33.4 Å². The van der Waals surface area contributed by atoms with E-state index in [1.54, 1.807) is 27.7 Å². The molecule has 0 unspecified atom stereocenters. The summed E-state index contributed by atoms with van der Waals surface area (Å²) in [4.78, 5) is 26.5. The number of hydrazine groups is 1. The first-order chi connectivity index (χ1) is 16.3. The maximum Gasteiger partial charge on any atom is 0.277 e. The Kier molecular flexibility index (Phi) is 7.61. The van der Waals surface area contributed by atoms with Crippen molar-refractivity contribution < 1.29 is 32.3 Å². The Hall–Kier alpha value is -2.92. The standard InChI is InChI=1S/C24H24BrF4N3O3/c1-5-31-21(24(2,3)4)20(33)17(22(34)30-13-9-15(27)18(25)16(28)10-13)23(35)32(31)11-12-7-6-8-14(26)19(12)29/h6-10,21,33H,5,11H2,1-4H3,(H,30,34)/t21-/m1/s1. The Labute approximate surface area is 208 Å². The number of rotatable bonds is 5. The van der Waals surface area contributed by atoms with Gasteiger partial charge in [0.2, 0.25) is 0 Å². The van der Waals surface area contributed by atoms with E-state index in [0.29, 0.717) is 0 Å². The van der Waals surface area contributed by atoms with E-state index in [9.17, 15) is 32.3 Å². The number of nitrogens with one attached hydrogen (secondary N) is 1. The van der Waals surface area contributed by atoms with E-state index in [1.807, 2.05) is 0 Å². The first-order valence-electron chi connectivity index (χ1n) is 10.7. The molecular weight excluding hydrogens is 534 g/mol. The molecule has 3 rings (SSSR count). The molecule has 6 nitrogen and oxygen atoms in total. The molecule has 35 heavy (non-hydrogen) atoms. The lowest BCUT2D eigenvalue weighted by Crippen LogP contribution is -2.60. The smallest absolute Gasteiger partial charge is 0.277 e. The van der Waals surface area contributed by atoms with Crippen molar-refractivity contribution in [2.24, 2.45) is 5.41 Å². The molecule has 2 N–H and O–H groups in total. The van der Waals surface area contributed by atoms with Crippen LogP contribution < -0.4 is 5.32 Å². The average Bonchev–Trinajstić information content (AvgIpc) is 2.75. The number of halogens is 5. The zero-order valence-electron chi connectivity index (χ0n) is 19.4. The van der Waals surface area contributed by atoms with Crippen molar-refractivity contribution in [3.63, 3.8) is 0 Å². The fourth-order valence-corrected chi connectivity index (χ4v) is 4.24. The summed E-state index contributed by atoms with van der Waals surface area (Å²) >= 11 is 2.73. The third-order valence-electron chi connectivity index (χ3n) is 5.54. The number of benzene rings is 2. The summed E-state index contributed by atoms with van der Waals surface area (Å²) in [5.41, 5.74) is -1.81. The maximum absolute atomic E-state index is 14.4. The van der Waals surface area contributed by atoms with Gasteiger partial charge in [0.1, 0.15) is 23.0 Å². The van der Waals surface area contributed by atoms with Crippen LogP contribution in [0, 0.1) is 28.7 Å². The summed E-state index contributed by atoms with van der Waals surface area (Å²) < 4.78 is 55.7. The molecule has 2 amide bonds. The monoisotopic (exact) mass is 557 g/mol. The third kappa shape index (κ3) is 5.20. The highest BCUT2D eigenvalue weighted by Crippen LogP contribution is 2.37. The summed E-state index contributed by atoms with van der Waals surface area (Å²) in [5.74, 6) is -6.85.